The zero-order valence-electron chi connectivity index (χ0n) is 14.7. The molecular weight excluding hydrogens is 306 g/mol. The SMILES string of the molecule is Cc1ccc(C)c(S(=O)(=O)N[C@@H](C)c2cc(C)c(C)cc2C)c1. The molecule has 0 saturated carbocycles. The molecular formula is C19H25NO2S. The summed E-state index contributed by atoms with van der Waals surface area (Å²) >= 11 is 0. The second kappa shape index (κ2) is 6.46. The molecule has 0 saturated heterocycles. The van der Waals surface area contributed by atoms with Gasteiger partial charge in [0.15, 0.2) is 0 Å². The van der Waals surface area contributed by atoms with Gasteiger partial charge >= 0.3 is 0 Å². The maximum Gasteiger partial charge on any atom is 0.241 e. The van der Waals surface area contributed by atoms with E-state index in [1.807, 2.05) is 46.8 Å². The Hall–Kier alpha value is -1.65. The summed E-state index contributed by atoms with van der Waals surface area (Å²) in [7, 11) is -3.55. The summed E-state index contributed by atoms with van der Waals surface area (Å²) in [5.41, 5.74) is 6.20. The molecule has 0 aliphatic heterocycles. The Kier molecular flexibility index (Phi) is 4.97. The van der Waals surface area contributed by atoms with Crippen LogP contribution < -0.4 is 4.72 Å². The third-order valence-electron chi connectivity index (χ3n) is 4.31. The van der Waals surface area contributed by atoms with Crippen LogP contribution in [0.3, 0.4) is 0 Å². The predicted molar refractivity (Wildman–Crippen MR) is 95.3 cm³/mol. The molecule has 0 heterocycles. The number of sulfonamides is 1. The number of nitrogens with one attached hydrogen (secondary N) is 1. The first-order valence-electron chi connectivity index (χ1n) is 7.79. The van der Waals surface area contributed by atoms with Crippen molar-refractivity contribution in [2.75, 3.05) is 0 Å². The first kappa shape index (κ1) is 17.7. The fourth-order valence-electron chi connectivity index (χ4n) is 2.81. The highest BCUT2D eigenvalue weighted by molar-refractivity contribution is 7.89. The summed E-state index contributed by atoms with van der Waals surface area (Å²) in [6.07, 6.45) is 0. The molecule has 124 valence electrons. The third kappa shape index (κ3) is 3.82. The number of benzene rings is 2. The molecule has 2 aromatic carbocycles. The van der Waals surface area contributed by atoms with Crippen molar-refractivity contribution in [2.24, 2.45) is 0 Å². The van der Waals surface area contributed by atoms with Gasteiger partial charge in [-0.25, -0.2) is 13.1 Å². The quantitative estimate of drug-likeness (QED) is 0.909. The molecule has 0 radical (unpaired) electrons. The highest BCUT2D eigenvalue weighted by Gasteiger charge is 2.21. The summed E-state index contributed by atoms with van der Waals surface area (Å²) in [6.45, 7) is 11.7. The lowest BCUT2D eigenvalue weighted by Crippen LogP contribution is -2.28. The largest absolute Gasteiger partial charge is 0.241 e. The Bertz CT molecular complexity index is 839. The van der Waals surface area contributed by atoms with Gasteiger partial charge in [-0.3, -0.25) is 0 Å². The monoisotopic (exact) mass is 331 g/mol. The predicted octanol–water partition coefficient (Wildman–Crippen LogP) is 4.27. The van der Waals surface area contributed by atoms with Crippen LogP contribution in [0.25, 0.3) is 0 Å². The topological polar surface area (TPSA) is 46.2 Å². The first-order chi connectivity index (χ1) is 10.6. The minimum atomic E-state index is -3.55. The number of hydrogen-bond acceptors (Lipinski definition) is 2. The summed E-state index contributed by atoms with van der Waals surface area (Å²) in [5.74, 6) is 0. The second-order valence-electron chi connectivity index (χ2n) is 6.40. The van der Waals surface area contributed by atoms with E-state index in [4.69, 9.17) is 0 Å². The van der Waals surface area contributed by atoms with Crippen molar-refractivity contribution < 1.29 is 8.42 Å². The molecule has 3 nitrogen and oxygen atoms in total. The van der Waals surface area contributed by atoms with Gasteiger partial charge in [0.05, 0.1) is 4.90 Å². The lowest BCUT2D eigenvalue weighted by Gasteiger charge is -2.19. The maximum atomic E-state index is 12.7. The van der Waals surface area contributed by atoms with Gasteiger partial charge in [0, 0.05) is 6.04 Å². The highest BCUT2D eigenvalue weighted by atomic mass is 32.2. The Morgan fingerprint density at radius 3 is 2.09 bits per heavy atom. The Morgan fingerprint density at radius 1 is 0.826 bits per heavy atom. The first-order valence-corrected chi connectivity index (χ1v) is 9.27. The molecule has 0 unspecified atom stereocenters. The van der Waals surface area contributed by atoms with Crippen LogP contribution >= 0.6 is 0 Å². The van der Waals surface area contributed by atoms with Gasteiger partial charge in [-0.2, -0.15) is 0 Å². The van der Waals surface area contributed by atoms with Crippen LogP contribution in [-0.2, 0) is 10.0 Å². The zero-order chi connectivity index (χ0) is 17.4. The van der Waals surface area contributed by atoms with Gasteiger partial charge < -0.3 is 0 Å². The summed E-state index contributed by atoms with van der Waals surface area (Å²) in [4.78, 5) is 0.353. The van der Waals surface area contributed by atoms with Gasteiger partial charge in [0.1, 0.15) is 0 Å². The molecule has 1 atom stereocenters. The lowest BCUT2D eigenvalue weighted by atomic mass is 9.97. The lowest BCUT2D eigenvalue weighted by molar-refractivity contribution is 0.565. The fraction of sp³-hybridized carbons (Fsp3) is 0.368. The van der Waals surface area contributed by atoms with Crippen LogP contribution in [0.4, 0.5) is 0 Å². The number of rotatable bonds is 4. The molecule has 0 aliphatic rings. The molecule has 0 amide bonds. The van der Waals surface area contributed by atoms with E-state index in [0.29, 0.717) is 4.90 Å². The van der Waals surface area contributed by atoms with Crippen LogP contribution in [0.5, 0.6) is 0 Å². The molecule has 0 aliphatic carbocycles. The average molecular weight is 331 g/mol. The zero-order valence-corrected chi connectivity index (χ0v) is 15.5. The average Bonchev–Trinajstić information content (AvgIpc) is 2.44. The molecule has 0 aromatic heterocycles. The van der Waals surface area contributed by atoms with Crippen molar-refractivity contribution in [3.63, 3.8) is 0 Å². The standard InChI is InChI=1S/C19H25NO2S/c1-12-7-8-13(2)19(9-12)23(21,22)20-17(6)18-11-15(4)14(3)10-16(18)5/h7-11,17,20H,1-6H3/t17-/m0/s1. The van der Waals surface area contributed by atoms with Gasteiger partial charge in [-0.05, 0) is 81.0 Å². The smallest absolute Gasteiger partial charge is 0.207 e. The van der Waals surface area contributed by atoms with Gasteiger partial charge in [-0.1, -0.05) is 24.3 Å². The fourth-order valence-corrected chi connectivity index (χ4v) is 4.36. The van der Waals surface area contributed by atoms with E-state index in [2.05, 4.69) is 23.8 Å². The highest BCUT2D eigenvalue weighted by Crippen LogP contribution is 2.24. The second-order valence-corrected chi connectivity index (χ2v) is 8.09. The summed E-state index contributed by atoms with van der Waals surface area (Å²) in [5, 5.41) is 0. The Balaban J connectivity index is 2.37. The molecule has 23 heavy (non-hydrogen) atoms. The third-order valence-corrected chi connectivity index (χ3v) is 6.00. The van der Waals surface area contributed by atoms with E-state index >= 15 is 0 Å². The number of aryl methyl sites for hydroxylation is 5. The minimum Gasteiger partial charge on any atom is -0.207 e. The van der Waals surface area contributed by atoms with Crippen molar-refractivity contribution in [3.8, 4) is 0 Å². The normalized spacial score (nSPS) is 13.1. The molecule has 0 spiro atoms. The van der Waals surface area contributed by atoms with Gasteiger partial charge in [-0.15, -0.1) is 0 Å². The summed E-state index contributed by atoms with van der Waals surface area (Å²) in [6, 6.07) is 9.38. The van der Waals surface area contributed by atoms with Crippen molar-refractivity contribution in [1.29, 1.82) is 0 Å². The van der Waals surface area contributed by atoms with Crippen LogP contribution in [0.1, 0.15) is 46.3 Å². The minimum absolute atomic E-state index is 0.279. The molecule has 2 rings (SSSR count). The van der Waals surface area contributed by atoms with Crippen LogP contribution in [0.2, 0.25) is 0 Å². The van der Waals surface area contributed by atoms with E-state index in [0.717, 1.165) is 22.3 Å². The Morgan fingerprint density at radius 2 is 1.43 bits per heavy atom. The molecule has 0 fully saturated rings. The van der Waals surface area contributed by atoms with E-state index < -0.39 is 10.0 Å². The summed E-state index contributed by atoms with van der Waals surface area (Å²) < 4.78 is 28.3. The van der Waals surface area contributed by atoms with Crippen LogP contribution in [-0.4, -0.2) is 8.42 Å². The van der Waals surface area contributed by atoms with Gasteiger partial charge in [0.2, 0.25) is 10.0 Å². The number of hydrogen-bond donors (Lipinski definition) is 1. The molecule has 1 N–H and O–H groups in total. The molecule has 0 bridgehead atoms. The molecule has 2 aromatic rings. The van der Waals surface area contributed by atoms with Crippen molar-refractivity contribution >= 4 is 10.0 Å². The van der Waals surface area contributed by atoms with E-state index in [1.165, 1.54) is 11.1 Å². The van der Waals surface area contributed by atoms with E-state index in [9.17, 15) is 8.42 Å². The van der Waals surface area contributed by atoms with Crippen molar-refractivity contribution in [3.05, 3.63) is 63.7 Å². The molecule has 4 heteroatoms. The Labute approximate surface area is 139 Å². The maximum absolute atomic E-state index is 12.7. The van der Waals surface area contributed by atoms with E-state index in [1.54, 1.807) is 6.07 Å². The van der Waals surface area contributed by atoms with E-state index in [-0.39, 0.29) is 6.04 Å². The van der Waals surface area contributed by atoms with Crippen molar-refractivity contribution in [2.45, 2.75) is 52.5 Å². The van der Waals surface area contributed by atoms with Crippen molar-refractivity contribution in [1.82, 2.24) is 4.72 Å². The van der Waals surface area contributed by atoms with Gasteiger partial charge in [0.25, 0.3) is 0 Å². The van der Waals surface area contributed by atoms with Crippen LogP contribution in [0, 0.1) is 34.6 Å². The van der Waals surface area contributed by atoms with Crippen LogP contribution in [0.15, 0.2) is 35.2 Å².